The average molecular weight is 1580 g/mol. The van der Waals surface area contributed by atoms with E-state index >= 15 is 0 Å². The molecule has 7 heteroatoms. The van der Waals surface area contributed by atoms with Gasteiger partial charge in [-0.2, -0.15) is 0 Å². The van der Waals surface area contributed by atoms with Crippen molar-refractivity contribution in [3.63, 3.8) is 0 Å². The Hall–Kier alpha value is -9.90. The van der Waals surface area contributed by atoms with Crippen molar-refractivity contribution >= 4 is 86.2 Å². The number of aliphatic hydroxyl groups is 7. The zero-order chi connectivity index (χ0) is 86.8. The molecule has 624 valence electrons. The monoisotopic (exact) mass is 1580 g/mol. The second-order valence-corrected chi connectivity index (χ2v) is 29.4. The van der Waals surface area contributed by atoms with Gasteiger partial charge in [0.05, 0.1) is 0 Å². The number of benzene rings is 15. The second kappa shape index (κ2) is 57.2. The highest BCUT2D eigenvalue weighted by Gasteiger charge is 2.24. The van der Waals surface area contributed by atoms with Crippen LogP contribution in [0.5, 0.6) is 0 Å². The largest absolute Gasteiger partial charge is 0.400 e. The van der Waals surface area contributed by atoms with Gasteiger partial charge in [0, 0.05) is 49.8 Å². The van der Waals surface area contributed by atoms with Crippen molar-refractivity contribution in [1.29, 1.82) is 0 Å². The summed E-state index contributed by atoms with van der Waals surface area (Å²) in [7, 11) is 7.00. The molecule has 0 aromatic heterocycles. The van der Waals surface area contributed by atoms with Crippen LogP contribution in [-0.2, 0) is 6.42 Å². The molecule has 0 amide bonds. The Kier molecular flexibility index (Phi) is 49.5. The Bertz CT molecular complexity index is 5100. The van der Waals surface area contributed by atoms with Crippen LogP contribution in [0.25, 0.3) is 86.2 Å². The molecule has 0 bridgehead atoms. The molecular weight excluding hydrogens is 1430 g/mol. The van der Waals surface area contributed by atoms with Gasteiger partial charge in [-0.25, -0.2) is 0 Å². The molecule has 15 aromatic carbocycles. The Balaban J connectivity index is 0.000000347. The van der Waals surface area contributed by atoms with Crippen molar-refractivity contribution in [1.82, 2.24) is 0 Å². The number of hydrogen-bond acceptors (Lipinski definition) is 7. The molecule has 7 N–H and O–H groups in total. The van der Waals surface area contributed by atoms with E-state index in [1.165, 1.54) is 165 Å². The zero-order valence-electron chi connectivity index (χ0n) is 74.6. The smallest absolute Gasteiger partial charge is 0.0319 e. The maximum Gasteiger partial charge on any atom is 0.0319 e. The molecule has 0 saturated carbocycles. The molecule has 0 saturated heterocycles. The first-order valence-electron chi connectivity index (χ1n) is 42.1. The van der Waals surface area contributed by atoms with E-state index in [1.54, 1.807) is 11.1 Å². The summed E-state index contributed by atoms with van der Waals surface area (Å²) in [5, 5.41) is 70.7. The molecule has 1 aliphatic carbocycles. The molecule has 0 heterocycles. The molecular formula is C110H142O7. The molecule has 0 fully saturated rings. The topological polar surface area (TPSA) is 142 Å². The summed E-state index contributed by atoms with van der Waals surface area (Å²) >= 11 is 0. The first-order chi connectivity index (χ1) is 57.1. The Morgan fingerprint density at radius 2 is 0.538 bits per heavy atom. The molecule has 8 unspecified atom stereocenters. The second-order valence-electron chi connectivity index (χ2n) is 29.4. The van der Waals surface area contributed by atoms with Crippen LogP contribution in [-0.4, -0.2) is 85.5 Å². The lowest BCUT2D eigenvalue weighted by molar-refractivity contribution is 0.399. The van der Waals surface area contributed by atoms with E-state index < -0.39 is 0 Å². The summed E-state index contributed by atoms with van der Waals surface area (Å²) in [5.74, 6) is 5.51. The number of rotatable bonds is 12. The van der Waals surface area contributed by atoms with E-state index in [1.807, 2.05) is 0 Å². The molecule has 15 aromatic rings. The predicted molar refractivity (Wildman–Crippen MR) is 516 cm³/mol. The number of aliphatic hydroxyl groups excluding tert-OH is 7. The van der Waals surface area contributed by atoms with Gasteiger partial charge in [-0.15, -0.1) is 0 Å². The summed E-state index contributed by atoms with van der Waals surface area (Å²) in [5.41, 5.74) is 11.9. The average Bonchev–Trinajstić information content (AvgIpc) is 1.51. The lowest BCUT2D eigenvalue weighted by Crippen LogP contribution is -1.97. The SMILES string of the molecule is CC1Cc2ccccc2C1C.CCC(C)c1c2ccccc2cc2ccccc12.CCC(C)c1ccc2cc3ccccc3cc2c1.CCC(C)c1ccc2ccc3ccccc3c2c1.CCC(C)c1ccc2ccccc2c1.CCC(C)c1cccc2ccccc12.CCC(C)c1ccccc1.CO.CO.CO.CO.CO.CO.CO. The molecule has 0 spiro atoms. The fourth-order valence-corrected chi connectivity index (χ4v) is 14.5. The van der Waals surface area contributed by atoms with Gasteiger partial charge in [-0.3, -0.25) is 0 Å². The molecule has 0 radical (unpaired) electrons. The summed E-state index contributed by atoms with van der Waals surface area (Å²) in [6.07, 6.45) is 8.47. The summed E-state index contributed by atoms with van der Waals surface area (Å²) in [4.78, 5) is 0. The first kappa shape index (κ1) is 101. The summed E-state index contributed by atoms with van der Waals surface area (Å²) in [6.45, 7) is 31.9. The van der Waals surface area contributed by atoms with Crippen molar-refractivity contribution in [2.75, 3.05) is 49.8 Å². The van der Waals surface area contributed by atoms with Crippen LogP contribution in [0, 0.1) is 5.92 Å². The maximum absolute atomic E-state index is 7.00. The Morgan fingerprint density at radius 3 is 1.02 bits per heavy atom. The summed E-state index contributed by atoms with van der Waals surface area (Å²) < 4.78 is 0. The highest BCUT2D eigenvalue weighted by atomic mass is 16.2. The highest BCUT2D eigenvalue weighted by Crippen LogP contribution is 2.38. The van der Waals surface area contributed by atoms with Gasteiger partial charge >= 0.3 is 0 Å². The fourth-order valence-electron chi connectivity index (χ4n) is 14.5. The van der Waals surface area contributed by atoms with E-state index in [2.05, 4.69) is 400 Å². The van der Waals surface area contributed by atoms with E-state index in [-0.39, 0.29) is 0 Å². The standard InChI is InChI=1S/3C18H18.2C14H16.C11H14.C10H14.7CH4O/c1-3-13(2)18-16-10-6-4-8-14(16)12-15-9-5-7-11-17(15)18;1-3-13(2)14-8-9-17-11-15-6-4-5-7-16(15)12-18(17)10-14;1-3-13(2)16-11-10-15-9-8-14-6-4-5-7-17(14)18(15)12-16;1-3-11(2)13-10-6-8-12-7-4-5-9-14(12)13;1-3-11(2)13-9-8-12-6-4-5-7-14(12)10-13;1-8-7-10-5-3-4-6-11(10)9(8)2;1-3-9(2)10-7-5-4-6-8-10;7*1-2/h3*4-13H,3H2,1-2H3;2*4-11H,3H2,1-2H3;3-6,8-9H,7H2,1-2H3;4-9H,3H2,1-2H3;7*2H,1H3. The van der Waals surface area contributed by atoms with E-state index in [9.17, 15) is 0 Å². The van der Waals surface area contributed by atoms with Gasteiger partial charge < -0.3 is 35.7 Å². The minimum atomic E-state index is 0.598. The minimum absolute atomic E-state index is 0.598. The third-order valence-corrected chi connectivity index (χ3v) is 22.6. The molecule has 0 aliphatic heterocycles. The van der Waals surface area contributed by atoms with Gasteiger partial charge in [0.25, 0.3) is 0 Å². The first-order valence-corrected chi connectivity index (χ1v) is 42.1. The van der Waals surface area contributed by atoms with Gasteiger partial charge in [-0.05, 0) is 241 Å². The minimum Gasteiger partial charge on any atom is -0.400 e. The third-order valence-electron chi connectivity index (χ3n) is 22.6. The lowest BCUT2D eigenvalue weighted by atomic mass is 9.88. The number of hydrogen-bond donors (Lipinski definition) is 7. The normalized spacial score (nSPS) is 13.3. The van der Waals surface area contributed by atoms with Crippen molar-refractivity contribution in [3.05, 3.63) is 348 Å². The van der Waals surface area contributed by atoms with Gasteiger partial charge in [-0.1, -0.05) is 382 Å². The van der Waals surface area contributed by atoms with Crippen LogP contribution in [0.2, 0.25) is 0 Å². The van der Waals surface area contributed by atoms with E-state index in [4.69, 9.17) is 35.7 Å². The van der Waals surface area contributed by atoms with Crippen molar-refractivity contribution in [2.45, 2.75) is 183 Å². The quantitative estimate of drug-likeness (QED) is 0.0477. The lowest BCUT2D eigenvalue weighted by Gasteiger charge is -2.16. The molecule has 8 atom stereocenters. The van der Waals surface area contributed by atoms with Crippen molar-refractivity contribution in [2.24, 2.45) is 5.92 Å². The molecule has 117 heavy (non-hydrogen) atoms. The van der Waals surface area contributed by atoms with Crippen LogP contribution in [0.3, 0.4) is 0 Å². The zero-order valence-corrected chi connectivity index (χ0v) is 74.6. The number of fused-ring (bicyclic) bond motifs is 10. The van der Waals surface area contributed by atoms with Crippen molar-refractivity contribution < 1.29 is 35.7 Å². The van der Waals surface area contributed by atoms with Crippen LogP contribution in [0.4, 0.5) is 0 Å². The van der Waals surface area contributed by atoms with Crippen molar-refractivity contribution in [3.8, 4) is 0 Å². The van der Waals surface area contributed by atoms with Crippen LogP contribution in [0.15, 0.2) is 303 Å². The van der Waals surface area contributed by atoms with Gasteiger partial charge in [0.15, 0.2) is 0 Å². The predicted octanol–water partition coefficient (Wildman–Crippen LogP) is 28.7. The van der Waals surface area contributed by atoms with E-state index in [0.717, 1.165) is 61.6 Å². The summed E-state index contributed by atoms with van der Waals surface area (Å²) in [6, 6.07) is 110. The maximum atomic E-state index is 7.00. The molecule has 16 rings (SSSR count). The highest BCUT2D eigenvalue weighted by molar-refractivity contribution is 6.08. The van der Waals surface area contributed by atoms with Crippen LogP contribution < -0.4 is 0 Å². The van der Waals surface area contributed by atoms with Gasteiger partial charge in [0.1, 0.15) is 0 Å². The molecule has 7 nitrogen and oxygen atoms in total. The Labute approximate surface area is 704 Å². The Morgan fingerprint density at radius 1 is 0.231 bits per heavy atom. The van der Waals surface area contributed by atoms with Crippen LogP contribution >= 0.6 is 0 Å². The van der Waals surface area contributed by atoms with Crippen LogP contribution in [0.1, 0.15) is 221 Å². The van der Waals surface area contributed by atoms with Gasteiger partial charge in [0.2, 0.25) is 0 Å². The third kappa shape index (κ3) is 29.6. The fraction of sp³-hybridized carbons (Fsp3) is 0.327. The van der Waals surface area contributed by atoms with E-state index in [0.29, 0.717) is 35.5 Å². The molecule has 1 aliphatic rings.